The van der Waals surface area contributed by atoms with E-state index >= 15 is 0 Å². The van der Waals surface area contributed by atoms with Gasteiger partial charge in [-0.15, -0.1) is 0 Å². The summed E-state index contributed by atoms with van der Waals surface area (Å²) in [6.45, 7) is 6.05. The molecule has 2 N–H and O–H groups in total. The number of aromatic amines is 1. The molecule has 0 spiro atoms. The van der Waals surface area contributed by atoms with Crippen LogP contribution in [0.5, 0.6) is 0 Å². The molecule has 0 radical (unpaired) electrons. The summed E-state index contributed by atoms with van der Waals surface area (Å²) < 4.78 is 5.36. The Morgan fingerprint density at radius 2 is 2.56 bits per heavy atom. The Morgan fingerprint density at radius 1 is 1.72 bits per heavy atom. The van der Waals surface area contributed by atoms with Gasteiger partial charge in [-0.1, -0.05) is 11.6 Å². The average molecular weight is 272 g/mol. The predicted octanol–water partition coefficient (Wildman–Crippen LogP) is 1.12. The van der Waals surface area contributed by atoms with Crippen LogP contribution >= 0.6 is 11.6 Å². The van der Waals surface area contributed by atoms with E-state index in [1.54, 1.807) is 12.3 Å². The maximum absolute atomic E-state index is 11.7. The Labute approximate surface area is 111 Å². The van der Waals surface area contributed by atoms with Crippen molar-refractivity contribution in [3.63, 3.8) is 0 Å². The van der Waals surface area contributed by atoms with Crippen LogP contribution in [0.2, 0.25) is 5.02 Å². The van der Waals surface area contributed by atoms with Crippen LogP contribution in [0.3, 0.4) is 0 Å². The van der Waals surface area contributed by atoms with E-state index in [0.29, 0.717) is 23.3 Å². The molecule has 100 valence electrons. The normalized spacial score (nSPS) is 20.9. The lowest BCUT2D eigenvalue weighted by Gasteiger charge is -2.33. The number of nitrogens with zero attached hydrogens (tertiary/aromatic N) is 1. The molecular formula is C12H18ClN3O2. The third-order valence-corrected chi connectivity index (χ3v) is 3.30. The van der Waals surface area contributed by atoms with E-state index < -0.39 is 0 Å². The summed E-state index contributed by atoms with van der Waals surface area (Å²) >= 11 is 5.75. The number of halogens is 1. The van der Waals surface area contributed by atoms with Gasteiger partial charge in [0.05, 0.1) is 18.2 Å². The van der Waals surface area contributed by atoms with Crippen LogP contribution in [0.1, 0.15) is 17.4 Å². The van der Waals surface area contributed by atoms with Crippen LogP contribution in [0, 0.1) is 0 Å². The molecule has 1 amide bonds. The highest BCUT2D eigenvalue weighted by atomic mass is 35.5. The lowest BCUT2D eigenvalue weighted by atomic mass is 10.2. The lowest BCUT2D eigenvalue weighted by Crippen LogP contribution is -2.46. The summed E-state index contributed by atoms with van der Waals surface area (Å²) in [5.41, 5.74) is 0.495. The maximum atomic E-state index is 11.7. The third kappa shape index (κ3) is 3.48. The maximum Gasteiger partial charge on any atom is 0.267 e. The quantitative estimate of drug-likeness (QED) is 0.863. The molecular weight excluding hydrogens is 254 g/mol. The topological polar surface area (TPSA) is 57.4 Å². The van der Waals surface area contributed by atoms with E-state index in [4.69, 9.17) is 16.3 Å². The molecule has 1 aromatic rings. The smallest absolute Gasteiger partial charge is 0.267 e. The Bertz CT molecular complexity index is 408. The molecule has 1 aromatic heterocycles. The second kappa shape index (κ2) is 6.22. The molecule has 1 atom stereocenters. The fourth-order valence-corrected chi connectivity index (χ4v) is 2.16. The van der Waals surface area contributed by atoms with Gasteiger partial charge in [-0.25, -0.2) is 0 Å². The van der Waals surface area contributed by atoms with Gasteiger partial charge in [0.2, 0.25) is 0 Å². The molecule has 1 saturated heterocycles. The van der Waals surface area contributed by atoms with Crippen molar-refractivity contribution in [3.05, 3.63) is 23.0 Å². The standard InChI is InChI=1S/C12H18ClN3O2/c1-9-8-18-5-4-16(9)3-2-14-12(17)11-6-10(13)7-15-11/h6-7,9,15H,2-5,8H2,1H3,(H,14,17). The number of morpholine rings is 1. The van der Waals surface area contributed by atoms with E-state index in [-0.39, 0.29) is 5.91 Å². The van der Waals surface area contributed by atoms with Crippen LogP contribution in [0.15, 0.2) is 12.3 Å². The summed E-state index contributed by atoms with van der Waals surface area (Å²) in [5, 5.41) is 3.41. The van der Waals surface area contributed by atoms with Gasteiger partial charge in [0, 0.05) is 31.9 Å². The number of hydrogen-bond acceptors (Lipinski definition) is 3. The molecule has 0 aromatic carbocycles. The fraction of sp³-hybridized carbons (Fsp3) is 0.583. The van der Waals surface area contributed by atoms with E-state index in [1.165, 1.54) is 0 Å². The van der Waals surface area contributed by atoms with E-state index in [0.717, 1.165) is 26.3 Å². The molecule has 6 heteroatoms. The van der Waals surface area contributed by atoms with E-state index in [2.05, 4.69) is 22.1 Å². The summed E-state index contributed by atoms with van der Waals surface area (Å²) in [4.78, 5) is 16.9. The van der Waals surface area contributed by atoms with Crippen molar-refractivity contribution >= 4 is 17.5 Å². The molecule has 1 fully saturated rings. The van der Waals surface area contributed by atoms with Crippen molar-refractivity contribution in [1.29, 1.82) is 0 Å². The van der Waals surface area contributed by atoms with Crippen molar-refractivity contribution in [2.75, 3.05) is 32.8 Å². The van der Waals surface area contributed by atoms with Gasteiger partial charge in [0.1, 0.15) is 5.69 Å². The minimum atomic E-state index is -0.122. The first-order valence-electron chi connectivity index (χ1n) is 6.10. The van der Waals surface area contributed by atoms with E-state index in [9.17, 15) is 4.79 Å². The molecule has 5 nitrogen and oxygen atoms in total. The summed E-state index contributed by atoms with van der Waals surface area (Å²) in [7, 11) is 0. The van der Waals surface area contributed by atoms with Gasteiger partial charge in [0.25, 0.3) is 5.91 Å². The van der Waals surface area contributed by atoms with Gasteiger partial charge in [-0.2, -0.15) is 0 Å². The molecule has 1 aliphatic rings. The number of carbonyl (C=O) groups is 1. The first-order valence-corrected chi connectivity index (χ1v) is 6.48. The first-order chi connectivity index (χ1) is 8.66. The summed E-state index contributed by atoms with van der Waals surface area (Å²) in [6, 6.07) is 2.03. The van der Waals surface area contributed by atoms with Gasteiger partial charge in [-0.05, 0) is 13.0 Å². The van der Waals surface area contributed by atoms with Crippen molar-refractivity contribution in [3.8, 4) is 0 Å². The number of carbonyl (C=O) groups excluding carboxylic acids is 1. The highest BCUT2D eigenvalue weighted by molar-refractivity contribution is 6.30. The number of hydrogen-bond donors (Lipinski definition) is 2. The van der Waals surface area contributed by atoms with E-state index in [1.807, 2.05) is 0 Å². The fourth-order valence-electron chi connectivity index (χ4n) is 2.00. The lowest BCUT2D eigenvalue weighted by molar-refractivity contribution is 0.000535. The zero-order valence-corrected chi connectivity index (χ0v) is 11.2. The van der Waals surface area contributed by atoms with Crippen molar-refractivity contribution < 1.29 is 9.53 Å². The van der Waals surface area contributed by atoms with Gasteiger partial charge >= 0.3 is 0 Å². The van der Waals surface area contributed by atoms with Crippen LogP contribution in [0.25, 0.3) is 0 Å². The minimum absolute atomic E-state index is 0.122. The van der Waals surface area contributed by atoms with Crippen LogP contribution in [-0.2, 0) is 4.74 Å². The number of rotatable bonds is 4. The third-order valence-electron chi connectivity index (χ3n) is 3.08. The van der Waals surface area contributed by atoms with Gasteiger partial charge < -0.3 is 15.0 Å². The number of aromatic nitrogens is 1. The molecule has 2 rings (SSSR count). The Balaban J connectivity index is 1.73. The highest BCUT2D eigenvalue weighted by Gasteiger charge is 2.18. The molecule has 1 aliphatic heterocycles. The number of nitrogens with one attached hydrogen (secondary N) is 2. The van der Waals surface area contributed by atoms with Crippen LogP contribution in [0.4, 0.5) is 0 Å². The summed E-state index contributed by atoms with van der Waals surface area (Å²) in [6.07, 6.45) is 1.60. The van der Waals surface area contributed by atoms with Gasteiger partial charge in [0.15, 0.2) is 0 Å². The first kappa shape index (κ1) is 13.4. The van der Waals surface area contributed by atoms with Crippen LogP contribution in [-0.4, -0.2) is 54.7 Å². The summed E-state index contributed by atoms with van der Waals surface area (Å²) in [5.74, 6) is -0.122. The SMILES string of the molecule is CC1COCCN1CCNC(=O)c1cc(Cl)c[nH]1. The zero-order valence-electron chi connectivity index (χ0n) is 10.4. The number of ether oxygens (including phenoxy) is 1. The molecule has 0 bridgehead atoms. The van der Waals surface area contributed by atoms with Crippen molar-refractivity contribution in [2.45, 2.75) is 13.0 Å². The Hall–Kier alpha value is -1.04. The Morgan fingerprint density at radius 3 is 3.22 bits per heavy atom. The van der Waals surface area contributed by atoms with Gasteiger partial charge in [-0.3, -0.25) is 9.69 Å². The number of H-pyrrole nitrogens is 1. The number of amides is 1. The second-order valence-corrected chi connectivity index (χ2v) is 4.88. The molecule has 0 saturated carbocycles. The zero-order chi connectivity index (χ0) is 13.0. The molecule has 18 heavy (non-hydrogen) atoms. The molecule has 0 aliphatic carbocycles. The van der Waals surface area contributed by atoms with Crippen LogP contribution < -0.4 is 5.32 Å². The molecule has 2 heterocycles. The minimum Gasteiger partial charge on any atom is -0.379 e. The highest BCUT2D eigenvalue weighted by Crippen LogP contribution is 2.09. The Kier molecular flexibility index (Phi) is 4.63. The van der Waals surface area contributed by atoms with Crippen molar-refractivity contribution in [2.24, 2.45) is 0 Å². The largest absolute Gasteiger partial charge is 0.379 e. The predicted molar refractivity (Wildman–Crippen MR) is 70.0 cm³/mol. The monoisotopic (exact) mass is 271 g/mol. The van der Waals surface area contributed by atoms with Crippen molar-refractivity contribution in [1.82, 2.24) is 15.2 Å². The molecule has 1 unspecified atom stereocenters. The second-order valence-electron chi connectivity index (χ2n) is 4.45. The average Bonchev–Trinajstić information content (AvgIpc) is 2.78.